The Labute approximate surface area is 84.0 Å². The largest absolute Gasteiger partial charge is 0.388 e. The highest BCUT2D eigenvalue weighted by Gasteiger charge is 2.30. The van der Waals surface area contributed by atoms with Crippen LogP contribution in [0.15, 0.2) is 6.33 Å². The van der Waals surface area contributed by atoms with Crippen molar-refractivity contribution in [2.75, 3.05) is 0 Å². The zero-order valence-electron chi connectivity index (χ0n) is 8.61. The second-order valence-electron chi connectivity index (χ2n) is 4.33. The lowest BCUT2D eigenvalue weighted by Crippen LogP contribution is -2.33. The molecule has 1 aliphatic rings. The summed E-state index contributed by atoms with van der Waals surface area (Å²) in [4.78, 5) is 0. The predicted molar refractivity (Wildman–Crippen MR) is 52.7 cm³/mol. The molecule has 1 fully saturated rings. The van der Waals surface area contributed by atoms with Crippen molar-refractivity contribution in [2.45, 2.75) is 51.2 Å². The molecule has 0 saturated heterocycles. The number of nitrogens with zero attached hydrogens (tertiary/aromatic N) is 3. The molecule has 0 bridgehead atoms. The molecule has 1 aliphatic carbocycles. The molecule has 0 amide bonds. The maximum absolute atomic E-state index is 9.13. The Morgan fingerprint density at radius 1 is 1.43 bits per heavy atom. The van der Waals surface area contributed by atoms with E-state index in [-0.39, 0.29) is 12.1 Å². The predicted octanol–water partition coefficient (Wildman–Crippen LogP) is 1.45. The van der Waals surface area contributed by atoms with E-state index in [4.69, 9.17) is 5.11 Å². The minimum atomic E-state index is -0.0183. The Balaban J connectivity index is 2.27. The van der Waals surface area contributed by atoms with Crippen molar-refractivity contribution >= 4 is 0 Å². The summed E-state index contributed by atoms with van der Waals surface area (Å²) in [5.74, 6) is 0.689. The molecule has 78 valence electrons. The van der Waals surface area contributed by atoms with Crippen LogP contribution in [0.1, 0.15) is 44.9 Å². The molecule has 1 aromatic rings. The molecule has 0 aromatic carbocycles. The Bertz CT molecular complexity index is 302. The molecule has 14 heavy (non-hydrogen) atoms. The van der Waals surface area contributed by atoms with E-state index in [9.17, 15) is 0 Å². The third-order valence-corrected chi connectivity index (χ3v) is 3.27. The highest BCUT2D eigenvalue weighted by molar-refractivity contribution is 4.95. The summed E-state index contributed by atoms with van der Waals surface area (Å²) < 4.78 is 2.05. The molecule has 1 N–H and O–H groups in total. The van der Waals surface area contributed by atoms with Gasteiger partial charge < -0.3 is 9.67 Å². The van der Waals surface area contributed by atoms with Gasteiger partial charge in [0.1, 0.15) is 12.9 Å². The van der Waals surface area contributed by atoms with Crippen molar-refractivity contribution < 1.29 is 5.11 Å². The van der Waals surface area contributed by atoms with E-state index >= 15 is 0 Å². The van der Waals surface area contributed by atoms with Crippen LogP contribution in [0.2, 0.25) is 0 Å². The SMILES string of the molecule is CC1(n2cnnc2CO)CCCCC1. The van der Waals surface area contributed by atoms with E-state index in [0.29, 0.717) is 5.82 Å². The van der Waals surface area contributed by atoms with E-state index in [0.717, 1.165) is 12.8 Å². The zero-order valence-corrected chi connectivity index (χ0v) is 8.61. The molecule has 4 heteroatoms. The van der Waals surface area contributed by atoms with Crippen LogP contribution < -0.4 is 0 Å². The summed E-state index contributed by atoms with van der Waals surface area (Å²) in [6, 6.07) is 0. The molecule has 0 aliphatic heterocycles. The van der Waals surface area contributed by atoms with Gasteiger partial charge in [-0.3, -0.25) is 0 Å². The summed E-state index contributed by atoms with van der Waals surface area (Å²) in [6.45, 7) is 2.21. The number of aromatic nitrogens is 3. The molecule has 2 rings (SSSR count). The van der Waals surface area contributed by atoms with Gasteiger partial charge in [0, 0.05) is 5.54 Å². The van der Waals surface area contributed by atoms with Crippen molar-refractivity contribution in [3.8, 4) is 0 Å². The lowest BCUT2D eigenvalue weighted by molar-refractivity contribution is 0.191. The summed E-state index contributed by atoms with van der Waals surface area (Å²) in [5, 5.41) is 16.9. The summed E-state index contributed by atoms with van der Waals surface area (Å²) in [5.41, 5.74) is 0.125. The van der Waals surface area contributed by atoms with Crippen LogP contribution in [0.25, 0.3) is 0 Å². The number of aliphatic hydroxyl groups excluding tert-OH is 1. The van der Waals surface area contributed by atoms with E-state index < -0.39 is 0 Å². The number of hydrogen-bond donors (Lipinski definition) is 1. The minimum Gasteiger partial charge on any atom is -0.388 e. The minimum absolute atomic E-state index is 0.0183. The fourth-order valence-electron chi connectivity index (χ4n) is 2.37. The summed E-state index contributed by atoms with van der Waals surface area (Å²) >= 11 is 0. The number of rotatable bonds is 2. The maximum atomic E-state index is 9.13. The Morgan fingerprint density at radius 3 is 2.79 bits per heavy atom. The van der Waals surface area contributed by atoms with Gasteiger partial charge in [-0.2, -0.15) is 0 Å². The van der Waals surface area contributed by atoms with Gasteiger partial charge >= 0.3 is 0 Å². The Kier molecular flexibility index (Phi) is 2.54. The molecular weight excluding hydrogens is 178 g/mol. The molecule has 1 aromatic heterocycles. The standard InChI is InChI=1S/C10H17N3O/c1-10(5-3-2-4-6-10)13-8-11-12-9(13)7-14/h8,14H,2-7H2,1H3. The monoisotopic (exact) mass is 195 g/mol. The van der Waals surface area contributed by atoms with Crippen LogP contribution in [-0.2, 0) is 12.1 Å². The molecule has 1 heterocycles. The third kappa shape index (κ3) is 1.54. The molecule has 0 unspecified atom stereocenters. The van der Waals surface area contributed by atoms with Crippen molar-refractivity contribution in [1.82, 2.24) is 14.8 Å². The first-order chi connectivity index (χ1) is 6.76. The van der Waals surface area contributed by atoms with Crippen LogP contribution >= 0.6 is 0 Å². The van der Waals surface area contributed by atoms with Gasteiger partial charge in [0.15, 0.2) is 5.82 Å². The Hall–Kier alpha value is -0.900. The first kappa shape index (κ1) is 9.65. The smallest absolute Gasteiger partial charge is 0.159 e. The lowest BCUT2D eigenvalue weighted by Gasteiger charge is -2.35. The van der Waals surface area contributed by atoms with Gasteiger partial charge in [-0.05, 0) is 19.8 Å². The topological polar surface area (TPSA) is 50.9 Å². The zero-order chi connectivity index (χ0) is 10.0. The van der Waals surface area contributed by atoms with Gasteiger partial charge in [-0.15, -0.1) is 10.2 Å². The third-order valence-electron chi connectivity index (χ3n) is 3.27. The second-order valence-corrected chi connectivity index (χ2v) is 4.33. The van der Waals surface area contributed by atoms with E-state index in [1.165, 1.54) is 19.3 Å². The quantitative estimate of drug-likeness (QED) is 0.777. The fraction of sp³-hybridized carbons (Fsp3) is 0.800. The average Bonchev–Trinajstić information content (AvgIpc) is 2.67. The highest BCUT2D eigenvalue weighted by Crippen LogP contribution is 2.34. The fourth-order valence-corrected chi connectivity index (χ4v) is 2.37. The molecule has 0 atom stereocenters. The van der Waals surface area contributed by atoms with Gasteiger partial charge in [0.25, 0.3) is 0 Å². The molecule has 0 radical (unpaired) electrons. The van der Waals surface area contributed by atoms with Crippen molar-refractivity contribution in [1.29, 1.82) is 0 Å². The normalized spacial score (nSPS) is 21.0. The van der Waals surface area contributed by atoms with Crippen molar-refractivity contribution in [3.63, 3.8) is 0 Å². The van der Waals surface area contributed by atoms with E-state index in [1.54, 1.807) is 6.33 Å². The van der Waals surface area contributed by atoms with Crippen LogP contribution in [0.3, 0.4) is 0 Å². The average molecular weight is 195 g/mol. The van der Waals surface area contributed by atoms with Crippen LogP contribution in [0.4, 0.5) is 0 Å². The van der Waals surface area contributed by atoms with Gasteiger partial charge in [-0.25, -0.2) is 0 Å². The first-order valence-electron chi connectivity index (χ1n) is 5.26. The van der Waals surface area contributed by atoms with Gasteiger partial charge in [0.2, 0.25) is 0 Å². The Morgan fingerprint density at radius 2 is 2.14 bits per heavy atom. The van der Waals surface area contributed by atoms with Crippen molar-refractivity contribution in [2.24, 2.45) is 0 Å². The molecule has 4 nitrogen and oxygen atoms in total. The van der Waals surface area contributed by atoms with Crippen LogP contribution in [0.5, 0.6) is 0 Å². The van der Waals surface area contributed by atoms with Gasteiger partial charge in [0.05, 0.1) is 0 Å². The molecular formula is C10H17N3O. The van der Waals surface area contributed by atoms with Crippen LogP contribution in [0, 0.1) is 0 Å². The molecule has 1 saturated carbocycles. The molecule has 0 spiro atoms. The van der Waals surface area contributed by atoms with E-state index in [1.807, 2.05) is 4.57 Å². The lowest BCUT2D eigenvalue weighted by atomic mass is 9.83. The maximum Gasteiger partial charge on any atom is 0.159 e. The highest BCUT2D eigenvalue weighted by atomic mass is 16.3. The van der Waals surface area contributed by atoms with Crippen LogP contribution in [-0.4, -0.2) is 19.9 Å². The summed E-state index contributed by atoms with van der Waals surface area (Å²) in [7, 11) is 0. The summed E-state index contributed by atoms with van der Waals surface area (Å²) in [6.07, 6.45) is 7.93. The van der Waals surface area contributed by atoms with E-state index in [2.05, 4.69) is 17.1 Å². The number of hydrogen-bond acceptors (Lipinski definition) is 3. The van der Waals surface area contributed by atoms with Gasteiger partial charge in [-0.1, -0.05) is 19.3 Å². The van der Waals surface area contributed by atoms with Crippen molar-refractivity contribution in [3.05, 3.63) is 12.2 Å². The number of aliphatic hydroxyl groups is 1. The first-order valence-corrected chi connectivity index (χ1v) is 5.26. The second kappa shape index (κ2) is 3.69.